The van der Waals surface area contributed by atoms with Crippen molar-refractivity contribution in [1.82, 2.24) is 4.98 Å². The molecule has 0 saturated heterocycles. The zero-order valence-corrected chi connectivity index (χ0v) is 11.6. The van der Waals surface area contributed by atoms with E-state index < -0.39 is 0 Å². The average Bonchev–Trinajstić information content (AvgIpc) is 2.41. The van der Waals surface area contributed by atoms with Gasteiger partial charge >= 0.3 is 0 Å². The Bertz CT molecular complexity index is 599. The number of nitrogens with one attached hydrogen (secondary N) is 2. The Kier molecular flexibility index (Phi) is 4.24. The highest BCUT2D eigenvalue weighted by Crippen LogP contribution is 2.20. The lowest BCUT2D eigenvalue weighted by atomic mass is 10.2. The van der Waals surface area contributed by atoms with Crippen LogP contribution in [0.3, 0.4) is 0 Å². The van der Waals surface area contributed by atoms with Crippen LogP contribution in [0, 0.1) is 0 Å². The van der Waals surface area contributed by atoms with Gasteiger partial charge in [-0.3, -0.25) is 4.79 Å². The number of hydrogen-bond acceptors (Lipinski definition) is 3. The minimum atomic E-state index is -0.278. The molecule has 4 nitrogen and oxygen atoms in total. The zero-order valence-electron chi connectivity index (χ0n) is 10.1. The number of benzene rings is 1. The average molecular weight is 296 g/mol. The number of amides is 1. The van der Waals surface area contributed by atoms with Crippen molar-refractivity contribution in [2.24, 2.45) is 0 Å². The minimum Gasteiger partial charge on any atom is -0.372 e. The fraction of sp³-hybridized carbons (Fsp3) is 0.0769. The van der Waals surface area contributed by atoms with E-state index in [2.05, 4.69) is 15.6 Å². The van der Waals surface area contributed by atoms with Gasteiger partial charge in [0.25, 0.3) is 5.91 Å². The van der Waals surface area contributed by atoms with Crippen LogP contribution < -0.4 is 10.6 Å². The van der Waals surface area contributed by atoms with E-state index in [-0.39, 0.29) is 5.91 Å². The molecule has 0 aliphatic carbocycles. The molecule has 0 bridgehead atoms. The van der Waals surface area contributed by atoms with Crippen LogP contribution in [0.15, 0.2) is 36.5 Å². The number of halogens is 2. The molecule has 2 N–H and O–H groups in total. The van der Waals surface area contributed by atoms with Gasteiger partial charge in [-0.1, -0.05) is 23.2 Å². The second-order valence-corrected chi connectivity index (χ2v) is 4.61. The maximum Gasteiger partial charge on any atom is 0.257 e. The first kappa shape index (κ1) is 13.6. The molecular formula is C13H11Cl2N3O. The third kappa shape index (κ3) is 3.36. The van der Waals surface area contributed by atoms with Crippen LogP contribution in [0.2, 0.25) is 10.0 Å². The second kappa shape index (κ2) is 5.91. The van der Waals surface area contributed by atoms with Crippen LogP contribution in [0.25, 0.3) is 0 Å². The van der Waals surface area contributed by atoms with Crippen molar-refractivity contribution < 1.29 is 4.79 Å². The summed E-state index contributed by atoms with van der Waals surface area (Å²) in [6.07, 6.45) is 1.46. The molecule has 0 saturated carbocycles. The molecule has 1 amide bonds. The lowest BCUT2D eigenvalue weighted by Gasteiger charge is -2.07. The molecule has 0 aliphatic rings. The second-order valence-electron chi connectivity index (χ2n) is 3.77. The third-order valence-corrected chi connectivity index (χ3v) is 2.98. The summed E-state index contributed by atoms with van der Waals surface area (Å²) >= 11 is 11.7. The van der Waals surface area contributed by atoms with Crippen LogP contribution >= 0.6 is 23.2 Å². The maximum atomic E-state index is 12.0. The van der Waals surface area contributed by atoms with Crippen molar-refractivity contribution in [2.75, 3.05) is 17.7 Å². The predicted molar refractivity (Wildman–Crippen MR) is 78.2 cm³/mol. The Balaban J connectivity index is 2.16. The largest absolute Gasteiger partial charge is 0.372 e. The SMILES string of the molecule is CNc1ncc(C(=O)Nc2ccc(Cl)cc2)cc1Cl. The number of anilines is 2. The monoisotopic (exact) mass is 295 g/mol. The van der Waals surface area contributed by atoms with Crippen LogP contribution in [0.1, 0.15) is 10.4 Å². The van der Waals surface area contributed by atoms with E-state index in [4.69, 9.17) is 23.2 Å². The summed E-state index contributed by atoms with van der Waals surface area (Å²) < 4.78 is 0. The molecule has 19 heavy (non-hydrogen) atoms. The molecule has 0 fully saturated rings. The summed E-state index contributed by atoms with van der Waals surface area (Å²) in [4.78, 5) is 16.0. The number of nitrogens with zero attached hydrogens (tertiary/aromatic N) is 1. The molecule has 1 aromatic carbocycles. The standard InChI is InChI=1S/C13H11Cl2N3O/c1-16-12-11(15)6-8(7-17-12)13(19)18-10-4-2-9(14)3-5-10/h2-7H,1H3,(H,16,17)(H,18,19). The first-order chi connectivity index (χ1) is 9.10. The summed E-state index contributed by atoms with van der Waals surface area (Å²) in [6.45, 7) is 0. The van der Waals surface area contributed by atoms with Crippen molar-refractivity contribution in [3.63, 3.8) is 0 Å². The molecule has 98 valence electrons. The van der Waals surface area contributed by atoms with Crippen LogP contribution in [-0.2, 0) is 0 Å². The Hall–Kier alpha value is -1.78. The van der Waals surface area contributed by atoms with Gasteiger partial charge in [0, 0.05) is 24.0 Å². The number of rotatable bonds is 3. The van der Waals surface area contributed by atoms with E-state index >= 15 is 0 Å². The quantitative estimate of drug-likeness (QED) is 0.908. The molecule has 0 spiro atoms. The Morgan fingerprint density at radius 3 is 2.47 bits per heavy atom. The summed E-state index contributed by atoms with van der Waals surface area (Å²) in [7, 11) is 1.71. The molecule has 2 aromatic rings. The molecule has 6 heteroatoms. The molecule has 1 heterocycles. The highest BCUT2D eigenvalue weighted by Gasteiger charge is 2.09. The van der Waals surface area contributed by atoms with Crippen LogP contribution in [-0.4, -0.2) is 17.9 Å². The smallest absolute Gasteiger partial charge is 0.257 e. The fourth-order valence-corrected chi connectivity index (χ4v) is 1.87. The number of hydrogen-bond donors (Lipinski definition) is 2. The molecule has 1 aromatic heterocycles. The lowest BCUT2D eigenvalue weighted by molar-refractivity contribution is 0.102. The highest BCUT2D eigenvalue weighted by atomic mass is 35.5. The van der Waals surface area contributed by atoms with Gasteiger partial charge in [-0.05, 0) is 30.3 Å². The zero-order chi connectivity index (χ0) is 13.8. The Labute approximate surface area is 120 Å². The highest BCUT2D eigenvalue weighted by molar-refractivity contribution is 6.33. The van der Waals surface area contributed by atoms with Gasteiger partial charge in [-0.25, -0.2) is 4.98 Å². The minimum absolute atomic E-state index is 0.278. The summed E-state index contributed by atoms with van der Waals surface area (Å²) in [5.74, 6) is 0.254. The molecule has 2 rings (SSSR count). The number of aromatic nitrogens is 1. The molecule has 0 unspecified atom stereocenters. The molecule has 0 atom stereocenters. The van der Waals surface area contributed by atoms with E-state index in [1.54, 1.807) is 37.4 Å². The lowest BCUT2D eigenvalue weighted by Crippen LogP contribution is -2.12. The molecule has 0 aliphatic heterocycles. The fourth-order valence-electron chi connectivity index (χ4n) is 1.48. The number of carbonyl (C=O) groups is 1. The number of carbonyl (C=O) groups excluding carboxylic acids is 1. The van der Waals surface area contributed by atoms with Gasteiger partial charge in [0.15, 0.2) is 0 Å². The maximum absolute atomic E-state index is 12.0. The van der Waals surface area contributed by atoms with Gasteiger partial charge in [0.2, 0.25) is 0 Å². The van der Waals surface area contributed by atoms with Crippen molar-refractivity contribution in [3.05, 3.63) is 52.1 Å². The first-order valence-corrected chi connectivity index (χ1v) is 6.26. The van der Waals surface area contributed by atoms with Gasteiger partial charge in [0.1, 0.15) is 5.82 Å². The normalized spacial score (nSPS) is 10.1. The van der Waals surface area contributed by atoms with Gasteiger partial charge in [0.05, 0.1) is 10.6 Å². The van der Waals surface area contributed by atoms with E-state index in [0.717, 1.165) is 0 Å². The van der Waals surface area contributed by atoms with Gasteiger partial charge in [-0.15, -0.1) is 0 Å². The summed E-state index contributed by atoms with van der Waals surface area (Å²) in [5.41, 5.74) is 1.04. The van der Waals surface area contributed by atoms with E-state index in [0.29, 0.717) is 27.1 Å². The molecular weight excluding hydrogens is 285 g/mol. The van der Waals surface area contributed by atoms with Crippen molar-refractivity contribution in [3.8, 4) is 0 Å². The Morgan fingerprint density at radius 2 is 1.89 bits per heavy atom. The number of pyridine rings is 1. The van der Waals surface area contributed by atoms with Crippen molar-refractivity contribution in [1.29, 1.82) is 0 Å². The van der Waals surface area contributed by atoms with E-state index in [1.165, 1.54) is 6.20 Å². The van der Waals surface area contributed by atoms with Crippen molar-refractivity contribution in [2.45, 2.75) is 0 Å². The summed E-state index contributed by atoms with van der Waals surface area (Å²) in [6, 6.07) is 8.40. The van der Waals surface area contributed by atoms with Crippen LogP contribution in [0.5, 0.6) is 0 Å². The predicted octanol–water partition coefficient (Wildman–Crippen LogP) is 3.68. The Morgan fingerprint density at radius 1 is 1.21 bits per heavy atom. The van der Waals surface area contributed by atoms with Gasteiger partial charge < -0.3 is 10.6 Å². The third-order valence-electron chi connectivity index (χ3n) is 2.44. The van der Waals surface area contributed by atoms with E-state index in [1.807, 2.05) is 0 Å². The molecule has 0 radical (unpaired) electrons. The van der Waals surface area contributed by atoms with Crippen LogP contribution in [0.4, 0.5) is 11.5 Å². The topological polar surface area (TPSA) is 54.0 Å². The summed E-state index contributed by atoms with van der Waals surface area (Å²) in [5, 5.41) is 6.57. The van der Waals surface area contributed by atoms with Gasteiger partial charge in [-0.2, -0.15) is 0 Å². The van der Waals surface area contributed by atoms with Crippen molar-refractivity contribution >= 4 is 40.6 Å². The van der Waals surface area contributed by atoms with E-state index in [9.17, 15) is 4.79 Å². The first-order valence-electron chi connectivity index (χ1n) is 5.50.